The number of sulfonamides is 1. The highest BCUT2D eigenvalue weighted by Gasteiger charge is 2.32. The number of hydrogen-bond acceptors (Lipinski definition) is 4. The first kappa shape index (κ1) is 22.0. The van der Waals surface area contributed by atoms with Gasteiger partial charge in [0.2, 0.25) is 10.0 Å². The summed E-state index contributed by atoms with van der Waals surface area (Å²) in [6, 6.07) is 23.7. The number of nitrogens with zero attached hydrogens (tertiary/aromatic N) is 1. The van der Waals surface area contributed by atoms with E-state index < -0.39 is 10.0 Å². The quantitative estimate of drug-likeness (QED) is 0.335. The van der Waals surface area contributed by atoms with Gasteiger partial charge in [0.15, 0.2) is 0 Å². The molecule has 1 saturated heterocycles. The van der Waals surface area contributed by atoms with E-state index in [0.29, 0.717) is 41.8 Å². The van der Waals surface area contributed by atoms with Crippen molar-refractivity contribution in [2.45, 2.75) is 17.7 Å². The minimum Gasteiger partial charge on any atom is -0.507 e. The lowest BCUT2D eigenvalue weighted by Gasteiger charge is -2.11. The molecule has 0 bridgehead atoms. The smallest absolute Gasteiger partial charge is 0.243 e. The number of rotatable bonds is 5. The van der Waals surface area contributed by atoms with Crippen LogP contribution in [0.2, 0.25) is 0 Å². The van der Waals surface area contributed by atoms with E-state index in [1.807, 2.05) is 48.5 Å². The fourth-order valence-corrected chi connectivity index (χ4v) is 5.26. The molecule has 5 nitrogen and oxygen atoms in total. The lowest BCUT2D eigenvalue weighted by Crippen LogP contribution is -2.11. The standard InChI is InChI=1S/C28H23NO4S/c30-27-19-23-12-9-22(17-25(23)28(31)26(27)18-21-5-2-1-3-6-21)8-4-7-20-10-13-24(14-11-20)34(32,33)29-15-16-29/h1-3,5-6,9-14,17,19,30-31H,7,15-16,18H2. The highest BCUT2D eigenvalue weighted by Crippen LogP contribution is 2.37. The molecule has 0 spiro atoms. The van der Waals surface area contributed by atoms with Crippen LogP contribution in [-0.2, 0) is 22.9 Å². The monoisotopic (exact) mass is 469 g/mol. The lowest BCUT2D eigenvalue weighted by atomic mass is 9.97. The summed E-state index contributed by atoms with van der Waals surface area (Å²) in [5.41, 5.74) is 3.16. The van der Waals surface area contributed by atoms with E-state index in [2.05, 4.69) is 11.8 Å². The molecule has 0 unspecified atom stereocenters. The molecule has 0 aromatic heterocycles. The Bertz CT molecular complexity index is 1530. The van der Waals surface area contributed by atoms with Crippen LogP contribution in [0, 0.1) is 11.8 Å². The zero-order valence-electron chi connectivity index (χ0n) is 18.4. The van der Waals surface area contributed by atoms with Crippen LogP contribution in [0.5, 0.6) is 11.5 Å². The number of aromatic hydroxyl groups is 2. The molecule has 6 heteroatoms. The first-order valence-electron chi connectivity index (χ1n) is 11.0. The number of phenols is 2. The summed E-state index contributed by atoms with van der Waals surface area (Å²) in [4.78, 5) is 0.307. The third-order valence-corrected chi connectivity index (χ3v) is 7.82. The summed E-state index contributed by atoms with van der Waals surface area (Å²) in [6.07, 6.45) is 0.900. The van der Waals surface area contributed by atoms with Gasteiger partial charge in [0.25, 0.3) is 0 Å². The number of fused-ring (bicyclic) bond motifs is 1. The maximum Gasteiger partial charge on any atom is 0.243 e. The maximum atomic E-state index is 12.2. The van der Waals surface area contributed by atoms with Crippen LogP contribution in [0.15, 0.2) is 83.8 Å². The Kier molecular flexibility index (Phi) is 5.74. The Morgan fingerprint density at radius 1 is 0.853 bits per heavy atom. The van der Waals surface area contributed by atoms with Crippen molar-refractivity contribution < 1.29 is 18.6 Å². The molecule has 1 aliphatic heterocycles. The number of hydrogen-bond donors (Lipinski definition) is 2. The Hall–Kier alpha value is -3.79. The predicted octanol–water partition coefficient (Wildman–Crippen LogP) is 4.44. The molecule has 5 rings (SSSR count). The van der Waals surface area contributed by atoms with Crippen molar-refractivity contribution in [2.24, 2.45) is 0 Å². The van der Waals surface area contributed by atoms with Crippen molar-refractivity contribution in [3.63, 3.8) is 0 Å². The van der Waals surface area contributed by atoms with Crippen molar-refractivity contribution in [1.82, 2.24) is 4.31 Å². The Balaban J connectivity index is 1.36. The third-order valence-electron chi connectivity index (χ3n) is 5.91. The van der Waals surface area contributed by atoms with Crippen molar-refractivity contribution in [3.8, 4) is 23.3 Å². The molecule has 0 amide bonds. The van der Waals surface area contributed by atoms with Gasteiger partial charge in [0, 0.05) is 42.4 Å². The molecule has 2 N–H and O–H groups in total. The molecule has 0 aliphatic carbocycles. The van der Waals surface area contributed by atoms with Gasteiger partial charge in [-0.15, -0.1) is 0 Å². The second-order valence-electron chi connectivity index (χ2n) is 8.35. The molecule has 4 aromatic carbocycles. The molecule has 0 radical (unpaired) electrons. The summed E-state index contributed by atoms with van der Waals surface area (Å²) < 4.78 is 25.9. The molecule has 170 valence electrons. The molecule has 1 aliphatic rings. The van der Waals surface area contributed by atoms with E-state index in [4.69, 9.17) is 0 Å². The first-order chi connectivity index (χ1) is 16.4. The van der Waals surface area contributed by atoms with Gasteiger partial charge in [0.05, 0.1) is 4.90 Å². The molecule has 1 fully saturated rings. The zero-order valence-corrected chi connectivity index (χ0v) is 19.2. The van der Waals surface area contributed by atoms with Crippen LogP contribution < -0.4 is 0 Å². The van der Waals surface area contributed by atoms with Crippen LogP contribution in [-0.4, -0.2) is 36.0 Å². The van der Waals surface area contributed by atoms with Gasteiger partial charge in [-0.3, -0.25) is 0 Å². The second-order valence-corrected chi connectivity index (χ2v) is 10.3. The van der Waals surface area contributed by atoms with E-state index in [0.717, 1.165) is 22.1 Å². The van der Waals surface area contributed by atoms with Crippen molar-refractivity contribution in [2.75, 3.05) is 13.1 Å². The minimum atomic E-state index is -3.34. The molecule has 0 saturated carbocycles. The van der Waals surface area contributed by atoms with Gasteiger partial charge in [-0.25, -0.2) is 8.42 Å². The van der Waals surface area contributed by atoms with Gasteiger partial charge in [-0.2, -0.15) is 4.31 Å². The Morgan fingerprint density at radius 3 is 2.29 bits per heavy atom. The first-order valence-corrected chi connectivity index (χ1v) is 12.5. The molecule has 0 atom stereocenters. The number of phenolic OH excluding ortho intramolecular Hbond substituents is 2. The average molecular weight is 470 g/mol. The highest BCUT2D eigenvalue weighted by molar-refractivity contribution is 7.89. The van der Waals surface area contributed by atoms with Crippen LogP contribution >= 0.6 is 0 Å². The molecule has 1 heterocycles. The largest absolute Gasteiger partial charge is 0.507 e. The van der Waals surface area contributed by atoms with Gasteiger partial charge in [-0.05, 0) is 46.8 Å². The van der Waals surface area contributed by atoms with E-state index in [1.165, 1.54) is 4.31 Å². The maximum absolute atomic E-state index is 12.2. The highest BCUT2D eigenvalue weighted by atomic mass is 32.2. The van der Waals surface area contributed by atoms with E-state index in [-0.39, 0.29) is 11.5 Å². The van der Waals surface area contributed by atoms with Gasteiger partial charge in [0.1, 0.15) is 11.5 Å². The summed E-state index contributed by atoms with van der Waals surface area (Å²) in [7, 11) is -3.34. The second kappa shape index (κ2) is 8.86. The summed E-state index contributed by atoms with van der Waals surface area (Å²) in [5, 5.41) is 22.7. The third kappa shape index (κ3) is 4.49. The van der Waals surface area contributed by atoms with E-state index in [1.54, 1.807) is 30.3 Å². The normalized spacial score (nSPS) is 13.4. The predicted molar refractivity (Wildman–Crippen MR) is 132 cm³/mol. The van der Waals surface area contributed by atoms with Crippen molar-refractivity contribution >= 4 is 20.8 Å². The summed E-state index contributed by atoms with van der Waals surface area (Å²) >= 11 is 0. The van der Waals surface area contributed by atoms with Gasteiger partial charge in [-0.1, -0.05) is 60.4 Å². The topological polar surface area (TPSA) is 77.6 Å². The van der Waals surface area contributed by atoms with Gasteiger partial charge < -0.3 is 10.2 Å². The minimum absolute atomic E-state index is 0.0608. The van der Waals surface area contributed by atoms with Crippen molar-refractivity contribution in [1.29, 1.82) is 0 Å². The SMILES string of the molecule is O=S(=O)(c1ccc(CC#Cc2ccc3cc(O)c(Cc4ccccc4)c(O)c3c2)cc1)N1CC1. The van der Waals surface area contributed by atoms with Gasteiger partial charge >= 0.3 is 0 Å². The summed E-state index contributed by atoms with van der Waals surface area (Å²) in [5.74, 6) is 6.37. The summed E-state index contributed by atoms with van der Waals surface area (Å²) in [6.45, 7) is 1.18. The van der Waals surface area contributed by atoms with E-state index in [9.17, 15) is 18.6 Å². The molecular weight excluding hydrogens is 446 g/mol. The lowest BCUT2D eigenvalue weighted by molar-refractivity contribution is 0.445. The Labute approximate surface area is 199 Å². The van der Waals surface area contributed by atoms with Crippen LogP contribution in [0.4, 0.5) is 0 Å². The average Bonchev–Trinajstić information content (AvgIpc) is 3.70. The molecule has 4 aromatic rings. The van der Waals surface area contributed by atoms with Crippen LogP contribution in [0.1, 0.15) is 22.3 Å². The zero-order chi connectivity index (χ0) is 23.7. The Morgan fingerprint density at radius 2 is 1.59 bits per heavy atom. The fraction of sp³-hybridized carbons (Fsp3) is 0.143. The molecule has 34 heavy (non-hydrogen) atoms. The van der Waals surface area contributed by atoms with Crippen molar-refractivity contribution in [3.05, 3.63) is 101 Å². The van der Waals surface area contributed by atoms with Crippen LogP contribution in [0.25, 0.3) is 10.8 Å². The van der Waals surface area contributed by atoms with Crippen LogP contribution in [0.3, 0.4) is 0 Å². The molecular formula is C28H23NO4S. The van der Waals surface area contributed by atoms with E-state index >= 15 is 0 Å². The number of benzene rings is 4. The fourth-order valence-electron chi connectivity index (χ4n) is 3.92.